The van der Waals surface area contributed by atoms with Gasteiger partial charge >= 0.3 is 5.97 Å². The lowest BCUT2D eigenvalue weighted by atomic mass is 9.49. The van der Waals surface area contributed by atoms with E-state index in [9.17, 15) is 15.0 Å². The second kappa shape index (κ2) is 7.53. The summed E-state index contributed by atoms with van der Waals surface area (Å²) in [5.74, 6) is 0.557. The molecule has 1 spiro atoms. The molecule has 0 aromatic rings. The minimum atomic E-state index is -1.05. The number of allylic oxidation sites excluding steroid dienone is 2. The molecule has 0 amide bonds. The first-order valence-corrected chi connectivity index (χ1v) is 12.7. The van der Waals surface area contributed by atoms with Gasteiger partial charge in [0.15, 0.2) is 5.79 Å². The Morgan fingerprint density at radius 2 is 1.91 bits per heavy atom. The summed E-state index contributed by atoms with van der Waals surface area (Å²) in [6.45, 7) is 15.9. The number of aliphatic carboxylic acids is 1. The van der Waals surface area contributed by atoms with Gasteiger partial charge in [-0.2, -0.15) is 0 Å². The van der Waals surface area contributed by atoms with E-state index in [0.29, 0.717) is 48.9 Å². The van der Waals surface area contributed by atoms with Gasteiger partial charge in [-0.1, -0.05) is 37.3 Å². The number of carboxylic acid groups (broad SMARTS) is 1. The van der Waals surface area contributed by atoms with Crippen LogP contribution in [0.15, 0.2) is 36.0 Å². The van der Waals surface area contributed by atoms with Crippen LogP contribution in [0.25, 0.3) is 0 Å². The molecule has 0 aromatic heterocycles. The van der Waals surface area contributed by atoms with Gasteiger partial charge in [0.2, 0.25) is 0 Å². The maximum Gasteiger partial charge on any atom is 0.309 e. The van der Waals surface area contributed by atoms with Crippen LogP contribution in [-0.2, 0) is 14.3 Å². The van der Waals surface area contributed by atoms with Crippen LogP contribution in [0.4, 0.5) is 0 Å². The Hall–Kier alpha value is -1.43. The zero-order valence-corrected chi connectivity index (χ0v) is 20.5. The van der Waals surface area contributed by atoms with Crippen molar-refractivity contribution < 1.29 is 24.5 Å². The molecule has 5 heteroatoms. The maximum atomic E-state index is 12.1. The molecule has 0 aromatic carbocycles. The zero-order valence-electron chi connectivity index (χ0n) is 20.5. The monoisotopic (exact) mass is 456 g/mol. The van der Waals surface area contributed by atoms with Gasteiger partial charge < -0.3 is 19.7 Å². The molecule has 0 unspecified atom stereocenters. The molecule has 6 atom stereocenters. The average Bonchev–Trinajstić information content (AvgIpc) is 3.30. The third-order valence-electron chi connectivity index (χ3n) is 10.1. The number of ether oxygens (including phenoxy) is 2. The molecule has 1 aliphatic heterocycles. The number of hydrogen-bond donors (Lipinski definition) is 2. The summed E-state index contributed by atoms with van der Waals surface area (Å²) in [7, 11) is 0. The average molecular weight is 457 g/mol. The molecule has 5 aliphatic rings. The predicted octanol–water partition coefficient (Wildman–Crippen LogP) is 5.26. The molecule has 5 rings (SSSR count). The van der Waals surface area contributed by atoms with Gasteiger partial charge in [0.05, 0.1) is 24.2 Å². The Balaban J connectivity index is 1.41. The van der Waals surface area contributed by atoms with Crippen LogP contribution in [0.5, 0.6) is 0 Å². The molecule has 4 fully saturated rings. The first-order valence-electron chi connectivity index (χ1n) is 12.7. The van der Waals surface area contributed by atoms with Crippen molar-refractivity contribution in [2.75, 3.05) is 13.2 Å². The zero-order chi connectivity index (χ0) is 23.8. The molecule has 182 valence electrons. The molecular formula is C28H40O5. The summed E-state index contributed by atoms with van der Waals surface area (Å²) in [5, 5.41) is 21.7. The Labute approximate surface area is 197 Å². The van der Waals surface area contributed by atoms with Gasteiger partial charge in [0, 0.05) is 18.3 Å². The van der Waals surface area contributed by atoms with E-state index in [0.717, 1.165) is 38.5 Å². The Bertz CT molecular complexity index is 909. The first kappa shape index (κ1) is 23.3. The van der Waals surface area contributed by atoms with Crippen LogP contribution in [0, 0.1) is 34.5 Å². The SMILES string of the molecule is C=C1C[C@@]2(C)[C@@H](CC[C@@]2(O)C(=C)CC(C)(C)C(=O)O)[C@@H]2CC=C3CC4(CC[C@@H]3[C@@H]12)OCCO4. The highest BCUT2D eigenvalue weighted by Crippen LogP contribution is 2.67. The van der Waals surface area contributed by atoms with Crippen LogP contribution in [-0.4, -0.2) is 40.8 Å². The highest BCUT2D eigenvalue weighted by Gasteiger charge is 2.64. The van der Waals surface area contributed by atoms with Crippen molar-refractivity contribution in [2.45, 2.75) is 83.5 Å². The second-order valence-corrected chi connectivity index (χ2v) is 12.4. The Morgan fingerprint density at radius 1 is 1.21 bits per heavy atom. The fourth-order valence-corrected chi connectivity index (χ4v) is 8.37. The van der Waals surface area contributed by atoms with E-state index in [-0.39, 0.29) is 11.8 Å². The van der Waals surface area contributed by atoms with Crippen molar-refractivity contribution in [2.24, 2.45) is 34.5 Å². The number of carboxylic acids is 1. The molecule has 1 saturated heterocycles. The molecular weight excluding hydrogens is 416 g/mol. The van der Waals surface area contributed by atoms with Crippen molar-refractivity contribution in [3.05, 3.63) is 36.0 Å². The molecule has 0 bridgehead atoms. The molecule has 3 saturated carbocycles. The van der Waals surface area contributed by atoms with Gasteiger partial charge in [-0.3, -0.25) is 4.79 Å². The van der Waals surface area contributed by atoms with Crippen molar-refractivity contribution in [1.29, 1.82) is 0 Å². The third-order valence-corrected chi connectivity index (χ3v) is 10.1. The minimum Gasteiger partial charge on any atom is -0.481 e. The smallest absolute Gasteiger partial charge is 0.309 e. The molecule has 0 radical (unpaired) electrons. The maximum absolute atomic E-state index is 12.1. The van der Waals surface area contributed by atoms with Crippen LogP contribution in [0.2, 0.25) is 0 Å². The topological polar surface area (TPSA) is 76.0 Å². The summed E-state index contributed by atoms with van der Waals surface area (Å²) < 4.78 is 12.0. The lowest BCUT2D eigenvalue weighted by Gasteiger charge is -2.57. The molecule has 33 heavy (non-hydrogen) atoms. The van der Waals surface area contributed by atoms with E-state index in [4.69, 9.17) is 9.47 Å². The number of carbonyl (C=O) groups is 1. The van der Waals surface area contributed by atoms with Crippen LogP contribution in [0.1, 0.15) is 72.1 Å². The van der Waals surface area contributed by atoms with Crippen LogP contribution in [0.3, 0.4) is 0 Å². The quantitative estimate of drug-likeness (QED) is 0.565. The summed E-state index contributed by atoms with van der Waals surface area (Å²) in [5.41, 5.74) is 1.06. The molecule has 1 heterocycles. The standard InChI is InChI=1S/C28H40O5/c1-17-14-26(5)22(9-11-28(26,31)18(2)15-25(3,4)24(29)30)21-7-6-19-16-27(32-12-13-33-27)10-8-20(19)23(17)21/h6,20-23,31H,1-2,7-16H2,3-5H3,(H,29,30)/t20-,21-,22-,23+,26-,28+/m0/s1. The summed E-state index contributed by atoms with van der Waals surface area (Å²) in [4.78, 5) is 11.7. The number of fused-ring (bicyclic) bond motifs is 5. The Kier molecular flexibility index (Phi) is 5.32. The van der Waals surface area contributed by atoms with E-state index in [1.54, 1.807) is 13.8 Å². The van der Waals surface area contributed by atoms with E-state index < -0.39 is 22.8 Å². The highest BCUT2D eigenvalue weighted by molar-refractivity contribution is 5.74. The molecule has 4 aliphatic carbocycles. The third kappa shape index (κ3) is 3.33. The van der Waals surface area contributed by atoms with E-state index >= 15 is 0 Å². The van der Waals surface area contributed by atoms with Crippen LogP contribution < -0.4 is 0 Å². The first-order chi connectivity index (χ1) is 15.4. The van der Waals surface area contributed by atoms with Gasteiger partial charge in [0.25, 0.3) is 0 Å². The summed E-state index contributed by atoms with van der Waals surface area (Å²) >= 11 is 0. The van der Waals surface area contributed by atoms with Gasteiger partial charge in [-0.05, 0) is 81.6 Å². The van der Waals surface area contributed by atoms with Crippen molar-refractivity contribution in [1.82, 2.24) is 0 Å². The molecule has 2 N–H and O–H groups in total. The fraction of sp³-hybridized carbons (Fsp3) is 0.750. The fourth-order valence-electron chi connectivity index (χ4n) is 8.37. The normalized spacial score (nSPS) is 41.8. The van der Waals surface area contributed by atoms with E-state index in [2.05, 4.69) is 26.2 Å². The lowest BCUT2D eigenvalue weighted by molar-refractivity contribution is -0.175. The second-order valence-electron chi connectivity index (χ2n) is 12.4. The van der Waals surface area contributed by atoms with Gasteiger partial charge in [0.1, 0.15) is 0 Å². The highest BCUT2D eigenvalue weighted by atomic mass is 16.7. The number of hydrogen-bond acceptors (Lipinski definition) is 4. The predicted molar refractivity (Wildman–Crippen MR) is 126 cm³/mol. The van der Waals surface area contributed by atoms with Gasteiger partial charge in [-0.15, -0.1) is 0 Å². The van der Waals surface area contributed by atoms with E-state index in [1.165, 1.54) is 11.1 Å². The van der Waals surface area contributed by atoms with Crippen molar-refractivity contribution in [3.8, 4) is 0 Å². The van der Waals surface area contributed by atoms with Crippen molar-refractivity contribution in [3.63, 3.8) is 0 Å². The van der Waals surface area contributed by atoms with Crippen LogP contribution >= 0.6 is 0 Å². The minimum absolute atomic E-state index is 0.288. The summed E-state index contributed by atoms with van der Waals surface area (Å²) in [6.07, 6.45) is 9.02. The lowest BCUT2D eigenvalue weighted by Crippen LogP contribution is -2.54. The summed E-state index contributed by atoms with van der Waals surface area (Å²) in [6, 6.07) is 0. The Morgan fingerprint density at radius 3 is 2.58 bits per heavy atom. The van der Waals surface area contributed by atoms with Crippen molar-refractivity contribution >= 4 is 5.97 Å². The largest absolute Gasteiger partial charge is 0.481 e. The number of rotatable bonds is 4. The van der Waals surface area contributed by atoms with Gasteiger partial charge in [-0.25, -0.2) is 0 Å². The molecule has 5 nitrogen and oxygen atoms in total. The van der Waals surface area contributed by atoms with E-state index in [1.807, 2.05) is 0 Å². The number of aliphatic hydroxyl groups is 1.